The minimum absolute atomic E-state index is 0.481. The molecule has 0 amide bonds. The van der Waals surface area contributed by atoms with Crippen molar-refractivity contribution in [1.82, 2.24) is 0 Å². The molecule has 0 aliphatic heterocycles. The summed E-state index contributed by atoms with van der Waals surface area (Å²) < 4.78 is 11.9. The van der Waals surface area contributed by atoms with Gasteiger partial charge in [0.2, 0.25) is 0 Å². The van der Waals surface area contributed by atoms with Crippen LogP contribution in [0.15, 0.2) is 40.6 Å². The molecule has 0 spiro atoms. The SMILES string of the molecule is CCCCC[C@@H](O)/C=C/S(=O)c1ccc(C)cc1. The van der Waals surface area contributed by atoms with Gasteiger partial charge in [0.25, 0.3) is 0 Å². The number of rotatable bonds is 7. The third-order valence-corrected chi connectivity index (χ3v) is 3.92. The molecule has 1 rings (SSSR count). The Morgan fingerprint density at radius 3 is 2.56 bits per heavy atom. The second-order valence-electron chi connectivity index (χ2n) is 4.50. The molecule has 1 N–H and O–H groups in total. The highest BCUT2D eigenvalue weighted by Crippen LogP contribution is 2.10. The topological polar surface area (TPSA) is 37.3 Å². The molecule has 0 fully saturated rings. The minimum atomic E-state index is -1.16. The smallest absolute Gasteiger partial charge is 0.0773 e. The fourth-order valence-corrected chi connectivity index (χ4v) is 2.50. The molecule has 0 aromatic heterocycles. The van der Waals surface area contributed by atoms with Crippen molar-refractivity contribution < 1.29 is 9.32 Å². The largest absolute Gasteiger partial charge is 0.389 e. The number of aliphatic hydroxyl groups excluding tert-OH is 1. The zero-order valence-electron chi connectivity index (χ0n) is 11.1. The van der Waals surface area contributed by atoms with E-state index in [9.17, 15) is 9.32 Å². The normalized spacial score (nSPS) is 14.8. The van der Waals surface area contributed by atoms with E-state index in [4.69, 9.17) is 0 Å². The molecule has 100 valence electrons. The number of unbranched alkanes of at least 4 members (excludes halogenated alkanes) is 2. The van der Waals surface area contributed by atoms with Gasteiger partial charge >= 0.3 is 0 Å². The molecule has 1 aromatic rings. The van der Waals surface area contributed by atoms with Gasteiger partial charge in [-0.1, -0.05) is 43.9 Å². The first-order chi connectivity index (χ1) is 8.63. The molecular formula is C15H22O2S. The zero-order valence-corrected chi connectivity index (χ0v) is 12.0. The number of aryl methyl sites for hydroxylation is 1. The Balaban J connectivity index is 2.46. The monoisotopic (exact) mass is 266 g/mol. The highest BCUT2D eigenvalue weighted by atomic mass is 32.2. The van der Waals surface area contributed by atoms with Crippen molar-refractivity contribution in [1.29, 1.82) is 0 Å². The summed E-state index contributed by atoms with van der Waals surface area (Å²) in [6, 6.07) is 7.61. The van der Waals surface area contributed by atoms with Crippen LogP contribution >= 0.6 is 0 Å². The molecule has 2 nitrogen and oxygen atoms in total. The molecule has 0 aliphatic carbocycles. The van der Waals surface area contributed by atoms with Gasteiger partial charge < -0.3 is 5.11 Å². The van der Waals surface area contributed by atoms with Crippen LogP contribution in [0.2, 0.25) is 0 Å². The van der Waals surface area contributed by atoms with E-state index in [2.05, 4.69) is 6.92 Å². The Kier molecular flexibility index (Phi) is 6.91. The van der Waals surface area contributed by atoms with Gasteiger partial charge in [0.1, 0.15) is 0 Å². The highest BCUT2D eigenvalue weighted by Gasteiger charge is 2.02. The van der Waals surface area contributed by atoms with Crippen molar-refractivity contribution in [3.05, 3.63) is 41.3 Å². The number of aliphatic hydroxyl groups is 1. The van der Waals surface area contributed by atoms with Gasteiger partial charge in [-0.05, 0) is 31.6 Å². The van der Waals surface area contributed by atoms with Gasteiger partial charge in [-0.25, -0.2) is 4.21 Å². The van der Waals surface area contributed by atoms with Crippen LogP contribution in [0.3, 0.4) is 0 Å². The number of hydrogen-bond acceptors (Lipinski definition) is 2. The van der Waals surface area contributed by atoms with E-state index in [0.717, 1.165) is 36.1 Å². The standard InChI is InChI=1S/C15H22O2S/c1-3-4-5-6-14(16)11-12-18(17)15-9-7-13(2)8-10-15/h7-12,14,16H,3-6H2,1-2H3/b12-11+/t14-,18?/m1/s1. The molecule has 0 saturated heterocycles. The summed E-state index contributed by atoms with van der Waals surface area (Å²) >= 11 is 0. The summed E-state index contributed by atoms with van der Waals surface area (Å²) in [5, 5.41) is 11.3. The Morgan fingerprint density at radius 1 is 1.28 bits per heavy atom. The Hall–Kier alpha value is -0.930. The van der Waals surface area contributed by atoms with E-state index in [1.165, 1.54) is 0 Å². The van der Waals surface area contributed by atoms with E-state index in [-0.39, 0.29) is 0 Å². The van der Waals surface area contributed by atoms with Gasteiger partial charge in [-0.3, -0.25) is 0 Å². The van der Waals surface area contributed by atoms with E-state index in [1.807, 2.05) is 31.2 Å². The summed E-state index contributed by atoms with van der Waals surface area (Å²) in [6.45, 7) is 4.13. The van der Waals surface area contributed by atoms with E-state index >= 15 is 0 Å². The van der Waals surface area contributed by atoms with Crippen molar-refractivity contribution in [2.45, 2.75) is 50.5 Å². The number of benzene rings is 1. The molecule has 0 radical (unpaired) electrons. The van der Waals surface area contributed by atoms with Gasteiger partial charge in [-0.2, -0.15) is 0 Å². The molecule has 0 saturated carbocycles. The van der Waals surface area contributed by atoms with Crippen molar-refractivity contribution in [2.24, 2.45) is 0 Å². The predicted molar refractivity (Wildman–Crippen MR) is 76.9 cm³/mol. The van der Waals surface area contributed by atoms with Gasteiger partial charge in [0.15, 0.2) is 0 Å². The molecule has 2 atom stereocenters. The van der Waals surface area contributed by atoms with Gasteiger partial charge in [-0.15, -0.1) is 0 Å². The Labute approximate surface area is 112 Å². The maximum absolute atomic E-state index is 11.9. The number of hydrogen-bond donors (Lipinski definition) is 1. The lowest BCUT2D eigenvalue weighted by molar-refractivity contribution is 0.208. The first-order valence-corrected chi connectivity index (χ1v) is 7.68. The maximum atomic E-state index is 11.9. The second kappa shape index (κ2) is 8.22. The summed E-state index contributed by atoms with van der Waals surface area (Å²) in [7, 11) is -1.16. The lowest BCUT2D eigenvalue weighted by Gasteiger charge is -2.04. The second-order valence-corrected chi connectivity index (χ2v) is 5.84. The fourth-order valence-electron chi connectivity index (χ4n) is 1.61. The highest BCUT2D eigenvalue weighted by molar-refractivity contribution is 7.88. The predicted octanol–water partition coefficient (Wildman–Crippen LogP) is 3.56. The van der Waals surface area contributed by atoms with Crippen molar-refractivity contribution in [3.8, 4) is 0 Å². The van der Waals surface area contributed by atoms with Crippen LogP contribution < -0.4 is 0 Å². The minimum Gasteiger partial charge on any atom is -0.389 e. The van der Waals surface area contributed by atoms with Crippen LogP contribution in [0, 0.1) is 6.92 Å². The van der Waals surface area contributed by atoms with E-state index in [0.29, 0.717) is 0 Å². The van der Waals surface area contributed by atoms with Crippen molar-refractivity contribution in [3.63, 3.8) is 0 Å². The van der Waals surface area contributed by atoms with Crippen LogP contribution in [-0.2, 0) is 10.8 Å². The third-order valence-electron chi connectivity index (χ3n) is 2.78. The Morgan fingerprint density at radius 2 is 1.94 bits per heavy atom. The van der Waals surface area contributed by atoms with Crippen LogP contribution in [0.1, 0.15) is 38.2 Å². The summed E-state index contributed by atoms with van der Waals surface area (Å²) in [5.41, 5.74) is 1.15. The first-order valence-electron chi connectivity index (χ1n) is 6.47. The molecule has 0 bridgehead atoms. The quantitative estimate of drug-likeness (QED) is 0.766. The molecule has 1 unspecified atom stereocenters. The first kappa shape index (κ1) is 15.1. The third kappa shape index (κ3) is 5.61. The van der Waals surface area contributed by atoms with Crippen LogP contribution in [0.5, 0.6) is 0 Å². The summed E-state index contributed by atoms with van der Waals surface area (Å²) in [5.74, 6) is 0. The van der Waals surface area contributed by atoms with Crippen LogP contribution in [-0.4, -0.2) is 15.4 Å². The lowest BCUT2D eigenvalue weighted by atomic mass is 10.1. The van der Waals surface area contributed by atoms with Gasteiger partial charge in [0.05, 0.1) is 16.9 Å². The average molecular weight is 266 g/mol. The molecule has 18 heavy (non-hydrogen) atoms. The molecule has 0 aliphatic rings. The lowest BCUT2D eigenvalue weighted by Crippen LogP contribution is -2.02. The van der Waals surface area contributed by atoms with E-state index in [1.54, 1.807) is 11.5 Å². The van der Waals surface area contributed by atoms with Crippen LogP contribution in [0.4, 0.5) is 0 Å². The molecule has 0 heterocycles. The van der Waals surface area contributed by atoms with Crippen molar-refractivity contribution in [2.75, 3.05) is 0 Å². The zero-order chi connectivity index (χ0) is 13.4. The molecule has 1 aromatic carbocycles. The fraction of sp³-hybridized carbons (Fsp3) is 0.467. The molecular weight excluding hydrogens is 244 g/mol. The summed E-state index contributed by atoms with van der Waals surface area (Å²) in [6.07, 6.45) is 5.20. The van der Waals surface area contributed by atoms with Crippen LogP contribution in [0.25, 0.3) is 0 Å². The maximum Gasteiger partial charge on any atom is 0.0773 e. The average Bonchev–Trinajstić information content (AvgIpc) is 2.37. The van der Waals surface area contributed by atoms with Gasteiger partial charge in [0, 0.05) is 10.3 Å². The summed E-state index contributed by atoms with van der Waals surface area (Å²) in [4.78, 5) is 0.776. The molecule has 3 heteroatoms. The van der Waals surface area contributed by atoms with Crippen molar-refractivity contribution >= 4 is 10.8 Å². The van der Waals surface area contributed by atoms with E-state index < -0.39 is 16.9 Å². The Bertz CT molecular complexity index is 395.